The lowest BCUT2D eigenvalue weighted by Gasteiger charge is -2.55. The average molecular weight is 333 g/mol. The van der Waals surface area contributed by atoms with E-state index in [4.69, 9.17) is 9.15 Å². The topological polar surface area (TPSA) is 75.0 Å². The molecule has 1 spiro atoms. The van der Waals surface area contributed by atoms with Crippen molar-refractivity contribution in [2.45, 2.75) is 24.5 Å². The van der Waals surface area contributed by atoms with Gasteiger partial charge in [0.25, 0.3) is 5.91 Å². The van der Waals surface area contributed by atoms with E-state index in [0.717, 1.165) is 6.54 Å². The van der Waals surface area contributed by atoms with Crippen LogP contribution >= 0.6 is 0 Å². The monoisotopic (exact) mass is 333 g/mol. The van der Waals surface area contributed by atoms with Crippen molar-refractivity contribution in [3.63, 3.8) is 0 Å². The second-order valence-electron chi connectivity index (χ2n) is 7.14. The summed E-state index contributed by atoms with van der Waals surface area (Å²) in [5.74, 6) is 0.969. The van der Waals surface area contributed by atoms with Crippen LogP contribution in [0.2, 0.25) is 0 Å². The van der Waals surface area contributed by atoms with E-state index in [1.165, 1.54) is 19.1 Å². The van der Waals surface area contributed by atoms with E-state index in [1.807, 2.05) is 0 Å². The lowest BCUT2D eigenvalue weighted by atomic mass is 9.90. The Bertz CT molecular complexity index is 620. The zero-order valence-electron chi connectivity index (χ0n) is 13.9. The number of furan rings is 1. The third-order valence-corrected chi connectivity index (χ3v) is 5.20. The summed E-state index contributed by atoms with van der Waals surface area (Å²) in [5.41, 5.74) is -0.346. The first-order valence-electron chi connectivity index (χ1n) is 8.53. The molecule has 2 saturated heterocycles. The molecule has 4 rings (SSSR count). The highest BCUT2D eigenvalue weighted by Gasteiger charge is 2.52. The van der Waals surface area contributed by atoms with Gasteiger partial charge in [-0.1, -0.05) is 0 Å². The lowest BCUT2D eigenvalue weighted by molar-refractivity contribution is -0.192. The van der Waals surface area contributed by atoms with Crippen molar-refractivity contribution in [1.82, 2.24) is 15.1 Å². The van der Waals surface area contributed by atoms with Gasteiger partial charge >= 0.3 is 0 Å². The zero-order valence-corrected chi connectivity index (χ0v) is 13.9. The van der Waals surface area contributed by atoms with Crippen LogP contribution in [0.3, 0.4) is 0 Å². The maximum Gasteiger partial charge on any atom is 0.289 e. The summed E-state index contributed by atoms with van der Waals surface area (Å²) in [6.07, 6.45) is 3.99. The third kappa shape index (κ3) is 2.82. The summed E-state index contributed by atoms with van der Waals surface area (Å²) in [7, 11) is 1.66. The number of nitrogens with one attached hydrogen (secondary N) is 1. The first-order valence-corrected chi connectivity index (χ1v) is 8.53. The first kappa shape index (κ1) is 15.7. The number of likely N-dealkylation sites (N-methyl/N-ethyl adjacent to an activating group) is 1. The molecule has 1 unspecified atom stereocenters. The van der Waals surface area contributed by atoms with Crippen LogP contribution in [0, 0.1) is 5.92 Å². The van der Waals surface area contributed by atoms with Crippen LogP contribution in [0.5, 0.6) is 0 Å². The Morgan fingerprint density at radius 2 is 2.12 bits per heavy atom. The Balaban J connectivity index is 1.40. The number of nitrogens with zero attached hydrogens (tertiary/aromatic N) is 2. The molecular formula is C17H23N3O4. The van der Waals surface area contributed by atoms with Crippen LogP contribution in [0.25, 0.3) is 0 Å². The summed E-state index contributed by atoms with van der Waals surface area (Å²) in [6.45, 7) is 3.12. The number of carbonyl (C=O) groups is 2. The molecule has 130 valence electrons. The van der Waals surface area contributed by atoms with E-state index in [2.05, 4.69) is 10.2 Å². The standard InChI is InChI=1S/C17H23N3O4/c1-18-15(21)13-8-24-17(9-19(13)7-12-4-5-12)10-20(11-17)16(22)14-3-2-6-23-14/h2-3,6,12-13H,4-5,7-11H2,1H3,(H,18,21). The number of carbonyl (C=O) groups excluding carboxylic acids is 2. The highest BCUT2D eigenvalue weighted by atomic mass is 16.5. The molecule has 7 heteroatoms. The largest absolute Gasteiger partial charge is 0.459 e. The fraction of sp³-hybridized carbons (Fsp3) is 0.647. The second-order valence-corrected chi connectivity index (χ2v) is 7.14. The van der Waals surface area contributed by atoms with Gasteiger partial charge < -0.3 is 19.4 Å². The minimum absolute atomic E-state index is 0.00772. The molecule has 0 aromatic carbocycles. The maximum absolute atomic E-state index is 12.3. The van der Waals surface area contributed by atoms with Crippen molar-refractivity contribution in [2.24, 2.45) is 5.92 Å². The molecule has 3 aliphatic rings. The van der Waals surface area contributed by atoms with Crippen LogP contribution in [-0.4, -0.2) is 73.1 Å². The molecule has 1 aliphatic carbocycles. The molecule has 3 fully saturated rings. The molecule has 0 radical (unpaired) electrons. The zero-order chi connectivity index (χ0) is 16.7. The number of rotatable bonds is 4. The minimum atomic E-state index is -0.346. The van der Waals surface area contributed by atoms with Crippen molar-refractivity contribution in [1.29, 1.82) is 0 Å². The normalized spacial score (nSPS) is 26.2. The molecule has 1 aromatic rings. The highest BCUT2D eigenvalue weighted by molar-refractivity contribution is 5.92. The molecule has 0 bridgehead atoms. The summed E-state index contributed by atoms with van der Waals surface area (Å²) in [4.78, 5) is 28.4. The van der Waals surface area contributed by atoms with Gasteiger partial charge in [0.1, 0.15) is 11.6 Å². The third-order valence-electron chi connectivity index (χ3n) is 5.20. The predicted octanol–water partition coefficient (Wildman–Crippen LogP) is 0.331. The van der Waals surface area contributed by atoms with Crippen molar-refractivity contribution in [3.8, 4) is 0 Å². The number of morpholine rings is 1. The summed E-state index contributed by atoms with van der Waals surface area (Å²) in [5, 5.41) is 2.73. The van der Waals surface area contributed by atoms with Gasteiger partial charge in [0.15, 0.2) is 5.76 Å². The van der Waals surface area contributed by atoms with Gasteiger partial charge in [-0.15, -0.1) is 0 Å². The summed E-state index contributed by atoms with van der Waals surface area (Å²) >= 11 is 0. The fourth-order valence-electron chi connectivity index (χ4n) is 3.66. The molecule has 1 N–H and O–H groups in total. The summed E-state index contributed by atoms with van der Waals surface area (Å²) in [6, 6.07) is 3.16. The summed E-state index contributed by atoms with van der Waals surface area (Å²) < 4.78 is 11.2. The number of amides is 2. The minimum Gasteiger partial charge on any atom is -0.459 e. The van der Waals surface area contributed by atoms with Crippen LogP contribution in [0.1, 0.15) is 23.4 Å². The molecule has 2 amide bonds. The molecule has 1 aromatic heterocycles. The molecule has 1 atom stereocenters. The molecule has 7 nitrogen and oxygen atoms in total. The van der Waals surface area contributed by atoms with Crippen molar-refractivity contribution in [3.05, 3.63) is 24.2 Å². The average Bonchev–Trinajstić information content (AvgIpc) is 3.20. The van der Waals surface area contributed by atoms with Gasteiger partial charge in [-0.05, 0) is 30.9 Å². The Morgan fingerprint density at radius 3 is 2.75 bits per heavy atom. The molecular weight excluding hydrogens is 310 g/mol. The van der Waals surface area contributed by atoms with E-state index in [9.17, 15) is 9.59 Å². The maximum atomic E-state index is 12.3. The molecule has 24 heavy (non-hydrogen) atoms. The Hall–Kier alpha value is -1.86. The van der Waals surface area contributed by atoms with Gasteiger partial charge in [-0.3, -0.25) is 14.5 Å². The van der Waals surface area contributed by atoms with E-state index < -0.39 is 0 Å². The first-order chi connectivity index (χ1) is 11.6. The highest BCUT2D eigenvalue weighted by Crippen LogP contribution is 2.36. The van der Waals surface area contributed by atoms with Gasteiger partial charge in [0.05, 0.1) is 26.0 Å². The fourth-order valence-corrected chi connectivity index (χ4v) is 3.66. The van der Waals surface area contributed by atoms with E-state index in [-0.39, 0.29) is 23.5 Å². The number of ether oxygens (including phenoxy) is 1. The number of likely N-dealkylation sites (tertiary alicyclic amines) is 1. The van der Waals surface area contributed by atoms with Crippen LogP contribution in [0.15, 0.2) is 22.8 Å². The van der Waals surface area contributed by atoms with E-state index in [0.29, 0.717) is 37.9 Å². The number of hydrogen-bond acceptors (Lipinski definition) is 5. The van der Waals surface area contributed by atoms with E-state index >= 15 is 0 Å². The van der Waals surface area contributed by atoms with Crippen molar-refractivity contribution >= 4 is 11.8 Å². The lowest BCUT2D eigenvalue weighted by Crippen LogP contribution is -2.73. The van der Waals surface area contributed by atoms with Gasteiger partial charge in [-0.25, -0.2) is 0 Å². The van der Waals surface area contributed by atoms with Crippen LogP contribution < -0.4 is 5.32 Å². The van der Waals surface area contributed by atoms with Gasteiger partial charge in [0.2, 0.25) is 5.91 Å². The van der Waals surface area contributed by atoms with Gasteiger partial charge in [0, 0.05) is 20.1 Å². The Labute approximate surface area is 140 Å². The predicted molar refractivity (Wildman–Crippen MR) is 85.4 cm³/mol. The quantitative estimate of drug-likeness (QED) is 0.859. The molecule has 1 saturated carbocycles. The van der Waals surface area contributed by atoms with Crippen molar-refractivity contribution < 1.29 is 18.7 Å². The molecule has 3 heterocycles. The molecule has 2 aliphatic heterocycles. The smallest absolute Gasteiger partial charge is 0.289 e. The van der Waals surface area contributed by atoms with Crippen LogP contribution in [0.4, 0.5) is 0 Å². The Kier molecular flexibility index (Phi) is 3.85. The van der Waals surface area contributed by atoms with Crippen molar-refractivity contribution in [2.75, 3.05) is 39.8 Å². The van der Waals surface area contributed by atoms with E-state index in [1.54, 1.807) is 24.1 Å². The van der Waals surface area contributed by atoms with Crippen LogP contribution in [-0.2, 0) is 9.53 Å². The second kappa shape index (κ2) is 5.89. The van der Waals surface area contributed by atoms with Gasteiger partial charge in [-0.2, -0.15) is 0 Å². The Morgan fingerprint density at radius 1 is 1.33 bits per heavy atom. The number of hydrogen-bond donors (Lipinski definition) is 1. The SMILES string of the molecule is CNC(=O)C1COC2(CN(C(=O)c3ccco3)C2)CN1CC1CC1.